The van der Waals surface area contributed by atoms with Crippen LogP contribution in [0.1, 0.15) is 0 Å². The standard InChI is InChI=1S/C10H7ClFN3O2/c11-7-5-10(15(16)17)9(6-8(7)12)13-14-3-1-2-4-14/h1-6,13H. The molecule has 1 heterocycles. The molecule has 17 heavy (non-hydrogen) atoms. The second kappa shape index (κ2) is 4.42. The van der Waals surface area contributed by atoms with Gasteiger partial charge in [0.25, 0.3) is 5.69 Å². The molecule has 0 aliphatic rings. The number of aromatic nitrogens is 1. The molecule has 1 aromatic heterocycles. The maximum atomic E-state index is 13.2. The van der Waals surface area contributed by atoms with Crippen molar-refractivity contribution in [2.75, 3.05) is 5.43 Å². The quantitative estimate of drug-likeness (QED) is 0.677. The monoisotopic (exact) mass is 255 g/mol. The number of nitrogens with zero attached hydrogens (tertiary/aromatic N) is 2. The highest BCUT2D eigenvalue weighted by Crippen LogP contribution is 2.30. The van der Waals surface area contributed by atoms with E-state index in [2.05, 4.69) is 5.43 Å². The van der Waals surface area contributed by atoms with E-state index in [9.17, 15) is 14.5 Å². The van der Waals surface area contributed by atoms with Crippen molar-refractivity contribution in [1.29, 1.82) is 0 Å². The highest BCUT2D eigenvalue weighted by Gasteiger charge is 2.17. The van der Waals surface area contributed by atoms with E-state index in [0.717, 1.165) is 12.1 Å². The summed E-state index contributed by atoms with van der Waals surface area (Å²) in [4.78, 5) is 10.2. The Hall–Kier alpha value is -2.08. The molecule has 2 rings (SSSR count). The van der Waals surface area contributed by atoms with Crippen molar-refractivity contribution in [1.82, 2.24) is 4.68 Å². The van der Waals surface area contributed by atoms with E-state index in [1.54, 1.807) is 24.5 Å². The normalized spacial score (nSPS) is 10.2. The van der Waals surface area contributed by atoms with Crippen LogP contribution in [0.3, 0.4) is 0 Å². The van der Waals surface area contributed by atoms with Gasteiger partial charge < -0.3 is 0 Å². The number of benzene rings is 1. The lowest BCUT2D eigenvalue weighted by Crippen LogP contribution is -2.08. The van der Waals surface area contributed by atoms with E-state index in [-0.39, 0.29) is 16.4 Å². The summed E-state index contributed by atoms with van der Waals surface area (Å²) < 4.78 is 14.7. The van der Waals surface area contributed by atoms with Gasteiger partial charge in [0.1, 0.15) is 11.5 Å². The summed E-state index contributed by atoms with van der Waals surface area (Å²) in [7, 11) is 0. The minimum absolute atomic E-state index is 0.0353. The number of nitro benzene ring substituents is 1. The first-order chi connectivity index (χ1) is 8.08. The van der Waals surface area contributed by atoms with Crippen LogP contribution < -0.4 is 5.43 Å². The fourth-order valence-corrected chi connectivity index (χ4v) is 1.48. The second-order valence-electron chi connectivity index (χ2n) is 3.24. The van der Waals surface area contributed by atoms with E-state index < -0.39 is 10.7 Å². The van der Waals surface area contributed by atoms with Crippen molar-refractivity contribution in [3.8, 4) is 0 Å². The zero-order chi connectivity index (χ0) is 12.4. The van der Waals surface area contributed by atoms with Crippen LogP contribution in [0.5, 0.6) is 0 Å². The molecule has 0 saturated carbocycles. The first-order valence-electron chi connectivity index (χ1n) is 4.61. The topological polar surface area (TPSA) is 60.1 Å². The van der Waals surface area contributed by atoms with E-state index in [0.29, 0.717) is 0 Å². The summed E-state index contributed by atoms with van der Waals surface area (Å²) in [5.41, 5.74) is 2.43. The van der Waals surface area contributed by atoms with E-state index in [1.807, 2.05) is 0 Å². The molecule has 0 fully saturated rings. The van der Waals surface area contributed by atoms with E-state index in [4.69, 9.17) is 11.6 Å². The molecule has 1 aromatic carbocycles. The SMILES string of the molecule is O=[N+]([O-])c1cc(Cl)c(F)cc1Nn1cccc1. The lowest BCUT2D eigenvalue weighted by molar-refractivity contribution is -0.384. The summed E-state index contributed by atoms with van der Waals surface area (Å²) in [5.74, 6) is -0.716. The third-order valence-corrected chi connectivity index (χ3v) is 2.38. The van der Waals surface area contributed by atoms with Crippen LogP contribution in [-0.2, 0) is 0 Å². The van der Waals surface area contributed by atoms with Crippen LogP contribution in [0.2, 0.25) is 5.02 Å². The van der Waals surface area contributed by atoms with E-state index >= 15 is 0 Å². The van der Waals surface area contributed by atoms with Crippen LogP contribution in [0.15, 0.2) is 36.7 Å². The Bertz CT molecular complexity index is 557. The van der Waals surface area contributed by atoms with Gasteiger partial charge in [0.2, 0.25) is 0 Å². The Balaban J connectivity index is 2.44. The highest BCUT2D eigenvalue weighted by molar-refractivity contribution is 6.31. The Morgan fingerprint density at radius 3 is 2.59 bits per heavy atom. The van der Waals surface area contributed by atoms with Gasteiger partial charge in [0.15, 0.2) is 0 Å². The second-order valence-corrected chi connectivity index (χ2v) is 3.65. The van der Waals surface area contributed by atoms with Crippen molar-refractivity contribution in [2.45, 2.75) is 0 Å². The van der Waals surface area contributed by atoms with Crippen LogP contribution in [0.25, 0.3) is 0 Å². The number of anilines is 1. The number of nitrogens with one attached hydrogen (secondary N) is 1. The third kappa shape index (κ3) is 2.36. The Morgan fingerprint density at radius 2 is 2.00 bits per heavy atom. The van der Waals surface area contributed by atoms with Crippen molar-refractivity contribution in [3.05, 3.63) is 57.6 Å². The van der Waals surface area contributed by atoms with Gasteiger partial charge in [0, 0.05) is 24.5 Å². The van der Waals surface area contributed by atoms with E-state index in [1.165, 1.54) is 4.68 Å². The first kappa shape index (κ1) is 11.4. The zero-order valence-corrected chi connectivity index (χ0v) is 9.19. The molecule has 1 N–H and O–H groups in total. The number of nitro groups is 1. The smallest absolute Gasteiger partial charge is 0.288 e. The first-order valence-corrected chi connectivity index (χ1v) is 4.99. The number of hydrogen-bond donors (Lipinski definition) is 1. The fourth-order valence-electron chi connectivity index (χ4n) is 1.33. The Labute approximate surface area is 101 Å². The number of halogens is 2. The predicted octanol–water partition coefficient (Wildman–Crippen LogP) is 3.06. The summed E-state index contributed by atoms with van der Waals surface area (Å²) in [5, 5.41) is 10.5. The lowest BCUT2D eigenvalue weighted by Gasteiger charge is -2.08. The van der Waals surface area contributed by atoms with Crippen molar-refractivity contribution in [3.63, 3.8) is 0 Å². The molecule has 0 radical (unpaired) electrons. The van der Waals surface area contributed by atoms with Crippen LogP contribution in [-0.4, -0.2) is 9.60 Å². The number of hydrogen-bond acceptors (Lipinski definition) is 3. The molecular formula is C10H7ClFN3O2. The molecule has 0 aliphatic heterocycles. The lowest BCUT2D eigenvalue weighted by atomic mass is 10.2. The molecule has 0 aliphatic carbocycles. The van der Waals surface area contributed by atoms with Gasteiger partial charge in [-0.3, -0.25) is 20.2 Å². The molecule has 0 saturated heterocycles. The molecule has 7 heteroatoms. The van der Waals surface area contributed by atoms with Gasteiger partial charge in [0.05, 0.1) is 9.95 Å². The molecule has 0 spiro atoms. The Kier molecular flexibility index (Phi) is 2.97. The zero-order valence-electron chi connectivity index (χ0n) is 8.43. The van der Waals surface area contributed by atoms with Crippen molar-refractivity contribution >= 4 is 23.0 Å². The maximum Gasteiger partial charge on any atom is 0.295 e. The van der Waals surface area contributed by atoms with Crippen molar-refractivity contribution < 1.29 is 9.31 Å². The molecule has 0 unspecified atom stereocenters. The summed E-state index contributed by atoms with van der Waals surface area (Å²) >= 11 is 5.50. The van der Waals surface area contributed by atoms with Gasteiger partial charge in [-0.25, -0.2) is 4.39 Å². The molecule has 0 amide bonds. The van der Waals surface area contributed by atoms with Crippen LogP contribution in [0, 0.1) is 15.9 Å². The van der Waals surface area contributed by atoms with Gasteiger partial charge >= 0.3 is 0 Å². The predicted molar refractivity (Wildman–Crippen MR) is 61.5 cm³/mol. The molecule has 2 aromatic rings. The molecule has 88 valence electrons. The summed E-state index contributed by atoms with van der Waals surface area (Å²) in [6, 6.07) is 5.42. The Morgan fingerprint density at radius 1 is 1.35 bits per heavy atom. The summed E-state index contributed by atoms with van der Waals surface area (Å²) in [6.07, 6.45) is 3.27. The summed E-state index contributed by atoms with van der Waals surface area (Å²) in [6.45, 7) is 0. The van der Waals surface area contributed by atoms with Gasteiger partial charge in [-0.05, 0) is 12.1 Å². The average molecular weight is 256 g/mol. The third-order valence-electron chi connectivity index (χ3n) is 2.09. The van der Waals surface area contributed by atoms with Gasteiger partial charge in [-0.1, -0.05) is 11.6 Å². The number of rotatable bonds is 3. The molecular weight excluding hydrogens is 249 g/mol. The molecule has 5 nitrogen and oxygen atoms in total. The average Bonchev–Trinajstić information content (AvgIpc) is 2.75. The van der Waals surface area contributed by atoms with Gasteiger partial charge in [-0.15, -0.1) is 0 Å². The fraction of sp³-hybridized carbons (Fsp3) is 0. The van der Waals surface area contributed by atoms with Gasteiger partial charge in [-0.2, -0.15) is 0 Å². The molecule has 0 atom stereocenters. The van der Waals surface area contributed by atoms with Crippen LogP contribution in [0.4, 0.5) is 15.8 Å². The van der Waals surface area contributed by atoms with Crippen molar-refractivity contribution in [2.24, 2.45) is 0 Å². The minimum Gasteiger partial charge on any atom is -0.288 e. The maximum absolute atomic E-state index is 13.2. The highest BCUT2D eigenvalue weighted by atomic mass is 35.5. The minimum atomic E-state index is -0.716. The molecule has 0 bridgehead atoms. The van der Waals surface area contributed by atoms with Crippen LogP contribution >= 0.6 is 11.6 Å². The largest absolute Gasteiger partial charge is 0.295 e.